The molecule has 1 atom stereocenters. The van der Waals surface area contributed by atoms with Crippen molar-refractivity contribution in [1.29, 1.82) is 0 Å². The maximum Gasteiger partial charge on any atom is 0.322 e. The molecule has 2 heterocycles. The van der Waals surface area contributed by atoms with E-state index in [-0.39, 0.29) is 0 Å². The third-order valence-corrected chi connectivity index (χ3v) is 3.78. The topological polar surface area (TPSA) is 84.9 Å². The average Bonchev–Trinajstić information content (AvgIpc) is 3.04. The van der Waals surface area contributed by atoms with Gasteiger partial charge in [-0.15, -0.1) is 11.3 Å². The number of aromatic nitrogens is 4. The van der Waals surface area contributed by atoms with Gasteiger partial charge in [-0.05, 0) is 6.42 Å². The fraction of sp³-hybridized carbons (Fsp3) is 0.538. The number of hydrogen-bond donors (Lipinski definition) is 2. The standard InChI is InChI=1S/C13H20N6OS/c1-4-5-15-11-17-12(19-13(18-11)20-3)16-8-9(2)10-14-6-7-21-10/h6-7,9H,4-5,8H2,1-3H3,(H2,15,16,17,18,19). The van der Waals surface area contributed by atoms with Gasteiger partial charge < -0.3 is 15.4 Å². The summed E-state index contributed by atoms with van der Waals surface area (Å²) in [6.07, 6.45) is 2.81. The van der Waals surface area contributed by atoms with Crippen molar-refractivity contribution in [2.75, 3.05) is 30.8 Å². The van der Waals surface area contributed by atoms with Gasteiger partial charge >= 0.3 is 6.01 Å². The molecule has 8 heteroatoms. The zero-order chi connectivity index (χ0) is 15.1. The summed E-state index contributed by atoms with van der Waals surface area (Å²) in [5, 5.41) is 9.41. The fourth-order valence-corrected chi connectivity index (χ4v) is 2.35. The molecule has 0 saturated carbocycles. The van der Waals surface area contributed by atoms with E-state index in [2.05, 4.69) is 44.4 Å². The van der Waals surface area contributed by atoms with Crippen LogP contribution in [0.25, 0.3) is 0 Å². The van der Waals surface area contributed by atoms with E-state index in [9.17, 15) is 0 Å². The van der Waals surface area contributed by atoms with Crippen molar-refractivity contribution in [3.63, 3.8) is 0 Å². The normalized spacial score (nSPS) is 12.0. The molecular formula is C13H20N6OS. The molecule has 0 aliphatic heterocycles. The first-order valence-electron chi connectivity index (χ1n) is 6.90. The minimum absolute atomic E-state index is 0.291. The Balaban J connectivity index is 2.01. The predicted octanol–water partition coefficient (Wildman–Crippen LogP) is 2.37. The van der Waals surface area contributed by atoms with Crippen molar-refractivity contribution in [2.24, 2.45) is 0 Å². The zero-order valence-corrected chi connectivity index (χ0v) is 13.3. The van der Waals surface area contributed by atoms with Crippen LogP contribution in [-0.4, -0.2) is 40.1 Å². The molecule has 0 saturated heterocycles. The molecule has 0 bridgehead atoms. The summed E-state index contributed by atoms with van der Waals surface area (Å²) >= 11 is 1.65. The van der Waals surface area contributed by atoms with E-state index in [4.69, 9.17) is 4.74 Å². The summed E-state index contributed by atoms with van der Waals surface area (Å²) in [5.41, 5.74) is 0. The second kappa shape index (κ2) is 7.72. The van der Waals surface area contributed by atoms with Crippen LogP contribution in [0.3, 0.4) is 0 Å². The van der Waals surface area contributed by atoms with E-state index >= 15 is 0 Å². The summed E-state index contributed by atoms with van der Waals surface area (Å²) in [7, 11) is 1.54. The lowest BCUT2D eigenvalue weighted by Gasteiger charge is -2.11. The Morgan fingerprint density at radius 1 is 1.24 bits per heavy atom. The fourth-order valence-electron chi connectivity index (χ4n) is 1.65. The van der Waals surface area contributed by atoms with Crippen molar-refractivity contribution in [3.05, 3.63) is 16.6 Å². The van der Waals surface area contributed by atoms with Crippen molar-refractivity contribution in [3.8, 4) is 6.01 Å². The Labute approximate surface area is 128 Å². The van der Waals surface area contributed by atoms with Crippen LogP contribution in [0.4, 0.5) is 11.9 Å². The van der Waals surface area contributed by atoms with Crippen LogP contribution >= 0.6 is 11.3 Å². The van der Waals surface area contributed by atoms with E-state index in [0.717, 1.165) is 18.0 Å². The number of ether oxygens (including phenoxy) is 1. The summed E-state index contributed by atoms with van der Waals surface area (Å²) in [5.74, 6) is 1.32. The van der Waals surface area contributed by atoms with E-state index < -0.39 is 0 Å². The second-order valence-corrected chi connectivity index (χ2v) is 5.47. The van der Waals surface area contributed by atoms with Gasteiger partial charge in [-0.2, -0.15) is 15.0 Å². The smallest absolute Gasteiger partial charge is 0.322 e. The lowest BCUT2D eigenvalue weighted by molar-refractivity contribution is 0.379. The molecule has 2 aromatic heterocycles. The molecule has 2 rings (SSSR count). The largest absolute Gasteiger partial charge is 0.467 e. The Morgan fingerprint density at radius 3 is 2.62 bits per heavy atom. The monoisotopic (exact) mass is 308 g/mol. The van der Waals surface area contributed by atoms with Crippen LogP contribution in [0.5, 0.6) is 6.01 Å². The molecule has 114 valence electrons. The van der Waals surface area contributed by atoms with E-state index in [1.54, 1.807) is 18.4 Å². The van der Waals surface area contributed by atoms with Gasteiger partial charge in [0.2, 0.25) is 11.9 Å². The lowest BCUT2D eigenvalue weighted by atomic mass is 10.2. The van der Waals surface area contributed by atoms with E-state index in [0.29, 0.717) is 30.4 Å². The second-order valence-electron chi connectivity index (χ2n) is 4.55. The molecule has 7 nitrogen and oxygen atoms in total. The van der Waals surface area contributed by atoms with Gasteiger partial charge in [0.15, 0.2) is 0 Å². The van der Waals surface area contributed by atoms with Crippen LogP contribution in [0.1, 0.15) is 31.2 Å². The number of hydrogen-bond acceptors (Lipinski definition) is 8. The van der Waals surface area contributed by atoms with Crippen LogP contribution in [0.2, 0.25) is 0 Å². The first-order valence-corrected chi connectivity index (χ1v) is 7.78. The lowest BCUT2D eigenvalue weighted by Crippen LogP contribution is -2.14. The minimum atomic E-state index is 0.291. The van der Waals surface area contributed by atoms with Crippen LogP contribution in [0.15, 0.2) is 11.6 Å². The number of nitrogens with one attached hydrogen (secondary N) is 2. The third-order valence-electron chi connectivity index (χ3n) is 2.77. The van der Waals surface area contributed by atoms with Crippen molar-refractivity contribution < 1.29 is 4.74 Å². The van der Waals surface area contributed by atoms with Crippen LogP contribution in [0, 0.1) is 0 Å². The number of anilines is 2. The molecule has 2 aromatic rings. The Kier molecular flexibility index (Phi) is 5.68. The first kappa shape index (κ1) is 15.4. The molecule has 0 aromatic carbocycles. The molecule has 0 spiro atoms. The van der Waals surface area contributed by atoms with Crippen LogP contribution in [-0.2, 0) is 0 Å². The Morgan fingerprint density at radius 2 is 2.00 bits per heavy atom. The Hall–Kier alpha value is -1.96. The average molecular weight is 308 g/mol. The van der Waals surface area contributed by atoms with Gasteiger partial charge in [-0.3, -0.25) is 0 Å². The van der Waals surface area contributed by atoms with Crippen molar-refractivity contribution >= 4 is 23.2 Å². The Bertz CT molecular complexity index is 548. The molecule has 0 aliphatic rings. The van der Waals surface area contributed by atoms with Gasteiger partial charge in [0.25, 0.3) is 0 Å². The molecule has 0 aliphatic carbocycles. The zero-order valence-electron chi connectivity index (χ0n) is 12.5. The maximum absolute atomic E-state index is 5.10. The first-order chi connectivity index (χ1) is 10.2. The molecule has 1 unspecified atom stereocenters. The van der Waals surface area contributed by atoms with Gasteiger partial charge in [0, 0.05) is 30.6 Å². The van der Waals surface area contributed by atoms with Gasteiger partial charge in [0.1, 0.15) is 0 Å². The van der Waals surface area contributed by atoms with Gasteiger partial charge in [-0.25, -0.2) is 4.98 Å². The molecular weight excluding hydrogens is 288 g/mol. The van der Waals surface area contributed by atoms with E-state index in [1.807, 2.05) is 11.6 Å². The predicted molar refractivity (Wildman–Crippen MR) is 84.2 cm³/mol. The quantitative estimate of drug-likeness (QED) is 0.774. The molecule has 2 N–H and O–H groups in total. The number of thiazole rings is 1. The highest BCUT2D eigenvalue weighted by Gasteiger charge is 2.10. The number of nitrogens with zero attached hydrogens (tertiary/aromatic N) is 4. The third kappa shape index (κ3) is 4.52. The minimum Gasteiger partial charge on any atom is -0.467 e. The van der Waals surface area contributed by atoms with Gasteiger partial charge in [-0.1, -0.05) is 13.8 Å². The summed E-state index contributed by atoms with van der Waals surface area (Å²) in [6.45, 7) is 5.71. The number of methoxy groups -OCH3 is 1. The van der Waals surface area contributed by atoms with Crippen molar-refractivity contribution in [1.82, 2.24) is 19.9 Å². The molecule has 21 heavy (non-hydrogen) atoms. The van der Waals surface area contributed by atoms with Crippen LogP contribution < -0.4 is 15.4 Å². The van der Waals surface area contributed by atoms with Gasteiger partial charge in [0.05, 0.1) is 12.1 Å². The SMILES string of the molecule is CCCNc1nc(NCC(C)c2nccs2)nc(OC)n1. The molecule has 0 fully saturated rings. The highest BCUT2D eigenvalue weighted by molar-refractivity contribution is 7.09. The van der Waals surface area contributed by atoms with E-state index in [1.165, 1.54) is 0 Å². The molecule has 0 amide bonds. The summed E-state index contributed by atoms with van der Waals surface area (Å²) in [4.78, 5) is 17.0. The summed E-state index contributed by atoms with van der Waals surface area (Å²) < 4.78 is 5.10. The van der Waals surface area contributed by atoms with Crippen molar-refractivity contribution in [2.45, 2.75) is 26.2 Å². The summed E-state index contributed by atoms with van der Waals surface area (Å²) in [6, 6.07) is 0.299. The molecule has 0 radical (unpaired) electrons. The number of rotatable bonds is 8. The highest BCUT2D eigenvalue weighted by atomic mass is 32.1. The maximum atomic E-state index is 5.10. The highest BCUT2D eigenvalue weighted by Crippen LogP contribution is 2.18.